The van der Waals surface area contributed by atoms with Crippen LogP contribution in [0.4, 0.5) is 14.6 Å². The molecule has 0 unspecified atom stereocenters. The number of nitrogen functional groups attached to an aromatic ring is 1. The van der Waals surface area contributed by atoms with Crippen molar-refractivity contribution >= 4 is 16.7 Å². The Balaban J connectivity index is 2.81. The van der Waals surface area contributed by atoms with Gasteiger partial charge in [0.15, 0.2) is 5.82 Å². The summed E-state index contributed by atoms with van der Waals surface area (Å²) in [5.74, 6) is -0.983. The van der Waals surface area contributed by atoms with E-state index in [2.05, 4.69) is 4.98 Å². The van der Waals surface area contributed by atoms with Crippen LogP contribution in [0.2, 0.25) is 0 Å². The zero-order valence-electron chi connectivity index (χ0n) is 8.22. The molecule has 0 aliphatic heterocycles. The Morgan fingerprint density at radius 2 is 2.00 bits per heavy atom. The quantitative estimate of drug-likeness (QED) is 0.782. The Morgan fingerprint density at radius 3 is 2.67 bits per heavy atom. The summed E-state index contributed by atoms with van der Waals surface area (Å²) in [6, 6.07) is 3.73. The number of aryl methyl sites for hydroxylation is 1. The number of aromatic nitrogens is 1. The molecule has 0 saturated heterocycles. The fraction of sp³-hybridized carbons (Fsp3) is 0.182. The van der Waals surface area contributed by atoms with Gasteiger partial charge in [-0.15, -0.1) is 0 Å². The molecule has 2 aromatic rings. The smallest absolute Gasteiger partial charge is 0.152 e. The van der Waals surface area contributed by atoms with Gasteiger partial charge in [-0.1, -0.05) is 6.92 Å². The molecule has 4 heteroatoms. The molecule has 0 saturated carbocycles. The standard InChI is InChI=1S/C11H10F2N2/c1-2-6-3-7-4-8(12)5-9(13)10(7)15-11(6)14/h3-5H,2H2,1H3,(H2,14,15). The van der Waals surface area contributed by atoms with Crippen molar-refractivity contribution in [3.63, 3.8) is 0 Å². The largest absolute Gasteiger partial charge is 0.383 e. The van der Waals surface area contributed by atoms with Gasteiger partial charge in [-0.2, -0.15) is 0 Å². The first-order chi connectivity index (χ1) is 7.11. The van der Waals surface area contributed by atoms with Gasteiger partial charge in [-0.25, -0.2) is 13.8 Å². The van der Waals surface area contributed by atoms with E-state index in [-0.39, 0.29) is 5.52 Å². The van der Waals surface area contributed by atoms with E-state index in [4.69, 9.17) is 5.73 Å². The first-order valence-corrected chi connectivity index (χ1v) is 4.66. The van der Waals surface area contributed by atoms with Gasteiger partial charge in [0.2, 0.25) is 0 Å². The molecule has 0 atom stereocenters. The van der Waals surface area contributed by atoms with E-state index in [9.17, 15) is 8.78 Å². The highest BCUT2D eigenvalue weighted by Gasteiger charge is 2.08. The Labute approximate surface area is 85.7 Å². The highest BCUT2D eigenvalue weighted by atomic mass is 19.1. The molecule has 0 aliphatic carbocycles. The van der Waals surface area contributed by atoms with Crippen LogP contribution < -0.4 is 5.73 Å². The molecule has 0 spiro atoms. The lowest BCUT2D eigenvalue weighted by Crippen LogP contribution is -1.98. The third kappa shape index (κ3) is 1.63. The number of nitrogens with zero attached hydrogens (tertiary/aromatic N) is 1. The van der Waals surface area contributed by atoms with Crippen molar-refractivity contribution in [3.8, 4) is 0 Å². The first-order valence-electron chi connectivity index (χ1n) is 4.66. The molecule has 0 aliphatic rings. The van der Waals surface area contributed by atoms with Gasteiger partial charge in [0, 0.05) is 11.5 Å². The zero-order chi connectivity index (χ0) is 11.0. The minimum Gasteiger partial charge on any atom is -0.383 e. The van der Waals surface area contributed by atoms with Crippen LogP contribution in [0.3, 0.4) is 0 Å². The van der Waals surface area contributed by atoms with Crippen LogP contribution in [0.5, 0.6) is 0 Å². The van der Waals surface area contributed by atoms with Crippen molar-refractivity contribution in [2.45, 2.75) is 13.3 Å². The van der Waals surface area contributed by atoms with Crippen molar-refractivity contribution in [1.82, 2.24) is 4.98 Å². The normalized spacial score (nSPS) is 10.9. The van der Waals surface area contributed by atoms with Crippen molar-refractivity contribution in [3.05, 3.63) is 35.4 Å². The summed E-state index contributed by atoms with van der Waals surface area (Å²) < 4.78 is 26.2. The predicted molar refractivity (Wildman–Crippen MR) is 55.4 cm³/mol. The number of rotatable bonds is 1. The zero-order valence-corrected chi connectivity index (χ0v) is 8.22. The van der Waals surface area contributed by atoms with Gasteiger partial charge in [-0.05, 0) is 24.1 Å². The lowest BCUT2D eigenvalue weighted by Gasteiger charge is -2.05. The van der Waals surface area contributed by atoms with Crippen LogP contribution in [0.1, 0.15) is 12.5 Å². The number of anilines is 1. The summed E-state index contributed by atoms with van der Waals surface area (Å²) in [5, 5.41) is 0.443. The van der Waals surface area contributed by atoms with E-state index >= 15 is 0 Å². The fourth-order valence-corrected chi connectivity index (χ4v) is 1.55. The molecule has 2 rings (SSSR count). The van der Waals surface area contributed by atoms with Gasteiger partial charge in [0.1, 0.15) is 17.2 Å². The molecule has 1 aromatic heterocycles. The molecular weight excluding hydrogens is 198 g/mol. The maximum atomic E-state index is 13.3. The number of nitrogens with two attached hydrogens (primary N) is 1. The van der Waals surface area contributed by atoms with Crippen molar-refractivity contribution in [2.24, 2.45) is 0 Å². The number of pyridine rings is 1. The van der Waals surface area contributed by atoms with Crippen LogP contribution in [-0.2, 0) is 6.42 Å². The number of halogens is 2. The van der Waals surface area contributed by atoms with Crippen LogP contribution in [-0.4, -0.2) is 4.98 Å². The Morgan fingerprint density at radius 1 is 1.27 bits per heavy atom. The lowest BCUT2D eigenvalue weighted by atomic mass is 10.1. The number of hydrogen-bond acceptors (Lipinski definition) is 2. The summed E-state index contributed by atoms with van der Waals surface area (Å²) in [7, 11) is 0. The molecule has 0 amide bonds. The van der Waals surface area contributed by atoms with Crippen molar-refractivity contribution < 1.29 is 8.78 Å². The highest BCUT2D eigenvalue weighted by Crippen LogP contribution is 2.22. The topological polar surface area (TPSA) is 38.9 Å². The van der Waals surface area contributed by atoms with E-state index in [1.54, 1.807) is 6.07 Å². The van der Waals surface area contributed by atoms with Crippen molar-refractivity contribution in [2.75, 3.05) is 5.73 Å². The average Bonchev–Trinajstić information content (AvgIpc) is 2.18. The number of fused-ring (bicyclic) bond motifs is 1. The number of benzene rings is 1. The highest BCUT2D eigenvalue weighted by molar-refractivity contribution is 5.82. The molecule has 2 N–H and O–H groups in total. The second-order valence-corrected chi connectivity index (χ2v) is 3.35. The first kappa shape index (κ1) is 9.83. The molecule has 0 bridgehead atoms. The van der Waals surface area contributed by atoms with E-state index in [1.807, 2.05) is 6.92 Å². The van der Waals surface area contributed by atoms with Crippen LogP contribution in [0.25, 0.3) is 10.9 Å². The lowest BCUT2D eigenvalue weighted by molar-refractivity contribution is 0.590. The van der Waals surface area contributed by atoms with E-state index in [0.717, 1.165) is 11.6 Å². The molecule has 15 heavy (non-hydrogen) atoms. The molecule has 0 radical (unpaired) electrons. The molecule has 1 aromatic carbocycles. The summed E-state index contributed by atoms with van der Waals surface area (Å²) in [5.41, 5.74) is 6.55. The van der Waals surface area contributed by atoms with E-state index in [0.29, 0.717) is 17.6 Å². The maximum Gasteiger partial charge on any atom is 0.152 e. The third-order valence-electron chi connectivity index (χ3n) is 2.33. The summed E-state index contributed by atoms with van der Waals surface area (Å²) >= 11 is 0. The molecule has 78 valence electrons. The van der Waals surface area contributed by atoms with Gasteiger partial charge >= 0.3 is 0 Å². The average molecular weight is 208 g/mol. The molecule has 1 heterocycles. The fourth-order valence-electron chi connectivity index (χ4n) is 1.55. The SMILES string of the molecule is CCc1cc2cc(F)cc(F)c2nc1N. The maximum absolute atomic E-state index is 13.3. The summed E-state index contributed by atoms with van der Waals surface area (Å²) in [6.07, 6.45) is 0.687. The van der Waals surface area contributed by atoms with E-state index < -0.39 is 11.6 Å². The second kappa shape index (κ2) is 3.46. The summed E-state index contributed by atoms with van der Waals surface area (Å²) in [6.45, 7) is 1.91. The predicted octanol–water partition coefficient (Wildman–Crippen LogP) is 2.66. The van der Waals surface area contributed by atoms with Crippen molar-refractivity contribution in [1.29, 1.82) is 0 Å². The third-order valence-corrected chi connectivity index (χ3v) is 2.33. The minimum absolute atomic E-state index is 0.117. The Kier molecular flexibility index (Phi) is 2.26. The second-order valence-electron chi connectivity index (χ2n) is 3.35. The molecule has 2 nitrogen and oxygen atoms in total. The van der Waals surface area contributed by atoms with Gasteiger partial charge in [0.05, 0.1) is 0 Å². The number of hydrogen-bond donors (Lipinski definition) is 1. The van der Waals surface area contributed by atoms with E-state index in [1.165, 1.54) is 6.07 Å². The molecule has 0 fully saturated rings. The minimum atomic E-state index is -0.681. The van der Waals surface area contributed by atoms with Crippen LogP contribution in [0.15, 0.2) is 18.2 Å². The Hall–Kier alpha value is -1.71. The summed E-state index contributed by atoms with van der Waals surface area (Å²) in [4.78, 5) is 3.92. The van der Waals surface area contributed by atoms with Crippen LogP contribution in [0, 0.1) is 11.6 Å². The Bertz CT molecular complexity index is 523. The van der Waals surface area contributed by atoms with Gasteiger partial charge < -0.3 is 5.73 Å². The van der Waals surface area contributed by atoms with Gasteiger partial charge in [-0.3, -0.25) is 0 Å². The monoisotopic (exact) mass is 208 g/mol. The van der Waals surface area contributed by atoms with Crippen LogP contribution >= 0.6 is 0 Å². The van der Waals surface area contributed by atoms with Gasteiger partial charge in [0.25, 0.3) is 0 Å². The molecular formula is C11H10F2N2.